The lowest BCUT2D eigenvalue weighted by Gasteiger charge is -2.36. The molecule has 0 N–H and O–H groups in total. The average Bonchev–Trinajstić information content (AvgIpc) is 2.29. The van der Waals surface area contributed by atoms with Gasteiger partial charge in [0.25, 0.3) is 0 Å². The Labute approximate surface area is 109 Å². The first-order valence-corrected chi connectivity index (χ1v) is 7.32. The number of hydrogen-bond acceptors (Lipinski definition) is 3. The maximum atomic E-state index is 12.6. The zero-order valence-corrected chi connectivity index (χ0v) is 12.3. The first kappa shape index (κ1) is 14.9. The number of carbonyl (C=O) groups is 1. The van der Waals surface area contributed by atoms with Crippen molar-refractivity contribution in [1.82, 2.24) is 0 Å². The van der Waals surface area contributed by atoms with Gasteiger partial charge < -0.3 is 4.79 Å². The third-order valence-electron chi connectivity index (χ3n) is 3.85. The predicted octanol–water partition coefficient (Wildman–Crippen LogP) is 2.77. The first-order valence-electron chi connectivity index (χ1n) is 5.84. The number of rotatable bonds is 4. The molecule has 1 aromatic rings. The van der Waals surface area contributed by atoms with E-state index in [1.54, 1.807) is 52.0 Å². The molecule has 0 atom stereocenters. The molecule has 0 amide bonds. The molecule has 0 bridgehead atoms. The monoisotopic (exact) mass is 268 g/mol. The van der Waals surface area contributed by atoms with E-state index in [1.807, 2.05) is 6.92 Å². The summed E-state index contributed by atoms with van der Waals surface area (Å²) < 4.78 is 24.1. The van der Waals surface area contributed by atoms with E-state index in [-0.39, 0.29) is 4.90 Å². The summed E-state index contributed by atoms with van der Waals surface area (Å²) in [7, 11) is -3.56. The van der Waals surface area contributed by atoms with Gasteiger partial charge >= 0.3 is 0 Å². The zero-order chi connectivity index (χ0) is 14.2. The highest BCUT2D eigenvalue weighted by atomic mass is 32.2. The third kappa shape index (κ3) is 2.21. The Morgan fingerprint density at radius 3 is 1.83 bits per heavy atom. The summed E-state index contributed by atoms with van der Waals surface area (Å²) in [6.07, 6.45) is 0.707. The van der Waals surface area contributed by atoms with Crippen LogP contribution < -0.4 is 0 Å². The van der Waals surface area contributed by atoms with Crippen LogP contribution in [0.4, 0.5) is 0 Å². The summed E-state index contributed by atoms with van der Waals surface area (Å²) >= 11 is 0. The van der Waals surface area contributed by atoms with Crippen molar-refractivity contribution < 1.29 is 13.2 Å². The number of carbonyl (C=O) groups excluding carboxylic acids is 1. The van der Waals surface area contributed by atoms with Gasteiger partial charge in [0, 0.05) is 5.41 Å². The normalized spacial score (nSPS) is 13.4. The van der Waals surface area contributed by atoms with Crippen molar-refractivity contribution in [3.63, 3.8) is 0 Å². The molecule has 0 radical (unpaired) electrons. The van der Waals surface area contributed by atoms with Gasteiger partial charge in [-0.2, -0.15) is 0 Å². The third-order valence-corrected chi connectivity index (χ3v) is 6.61. The van der Waals surface area contributed by atoms with Crippen LogP contribution in [0.25, 0.3) is 0 Å². The van der Waals surface area contributed by atoms with Crippen molar-refractivity contribution in [2.45, 2.75) is 44.3 Å². The first-order chi connectivity index (χ1) is 8.06. The molecule has 0 fully saturated rings. The smallest absolute Gasteiger partial charge is 0.184 e. The minimum absolute atomic E-state index is 0.257. The highest BCUT2D eigenvalue weighted by Gasteiger charge is 2.48. The maximum absolute atomic E-state index is 12.6. The number of sulfone groups is 1. The molecule has 0 unspecified atom stereocenters. The van der Waals surface area contributed by atoms with E-state index < -0.39 is 20.0 Å². The molecule has 18 heavy (non-hydrogen) atoms. The molecule has 0 aromatic heterocycles. The van der Waals surface area contributed by atoms with Gasteiger partial charge in [-0.1, -0.05) is 31.5 Å². The molecule has 0 saturated carbocycles. The van der Waals surface area contributed by atoms with Gasteiger partial charge in [0.15, 0.2) is 9.84 Å². The van der Waals surface area contributed by atoms with Crippen molar-refractivity contribution in [2.75, 3.05) is 0 Å². The van der Waals surface area contributed by atoms with Gasteiger partial charge in [0.1, 0.15) is 6.29 Å². The second kappa shape index (κ2) is 4.50. The van der Waals surface area contributed by atoms with E-state index in [2.05, 4.69) is 0 Å². The average molecular weight is 268 g/mol. The lowest BCUT2D eigenvalue weighted by Crippen LogP contribution is -2.47. The highest BCUT2D eigenvalue weighted by molar-refractivity contribution is 7.92. The fraction of sp³-hybridized carbons (Fsp3) is 0.500. The molecular weight excluding hydrogens is 248 g/mol. The Bertz CT molecular complexity index is 537. The highest BCUT2D eigenvalue weighted by Crippen LogP contribution is 2.39. The fourth-order valence-electron chi connectivity index (χ4n) is 1.50. The molecule has 0 spiro atoms. The van der Waals surface area contributed by atoms with E-state index in [4.69, 9.17) is 0 Å². The second-order valence-corrected chi connectivity index (χ2v) is 8.17. The standard InChI is InChI=1S/C14H20O3S/c1-11-6-8-12(9-7-11)18(16,17)14(4,5)13(2,3)10-15/h6-10H,1-5H3. The second-order valence-electron chi connectivity index (χ2n) is 5.67. The van der Waals surface area contributed by atoms with Crippen LogP contribution in [0.5, 0.6) is 0 Å². The summed E-state index contributed by atoms with van der Waals surface area (Å²) in [4.78, 5) is 11.4. The molecule has 1 rings (SSSR count). The van der Waals surface area contributed by atoms with Gasteiger partial charge in [0.05, 0.1) is 9.64 Å². The molecule has 0 heterocycles. The minimum atomic E-state index is -3.56. The van der Waals surface area contributed by atoms with Crippen LogP contribution in [-0.2, 0) is 14.6 Å². The Morgan fingerprint density at radius 1 is 1.00 bits per heavy atom. The molecule has 100 valence electrons. The minimum Gasteiger partial charge on any atom is -0.303 e. The summed E-state index contributed by atoms with van der Waals surface area (Å²) in [6.45, 7) is 8.38. The van der Waals surface area contributed by atoms with Gasteiger partial charge in [-0.05, 0) is 32.9 Å². The Balaban J connectivity index is 3.39. The molecule has 4 heteroatoms. The molecular formula is C14H20O3S. The SMILES string of the molecule is Cc1ccc(S(=O)(=O)C(C)(C)C(C)(C)C=O)cc1. The molecule has 0 aliphatic rings. The van der Waals surface area contributed by atoms with Crippen LogP contribution in [-0.4, -0.2) is 19.5 Å². The van der Waals surface area contributed by atoms with E-state index in [0.717, 1.165) is 5.56 Å². The van der Waals surface area contributed by atoms with Crippen molar-refractivity contribution in [3.8, 4) is 0 Å². The van der Waals surface area contributed by atoms with Crippen LogP contribution in [0.3, 0.4) is 0 Å². The van der Waals surface area contributed by atoms with Crippen LogP contribution in [0, 0.1) is 12.3 Å². The van der Waals surface area contributed by atoms with Crippen LogP contribution >= 0.6 is 0 Å². The van der Waals surface area contributed by atoms with E-state index in [1.165, 1.54) is 0 Å². The van der Waals surface area contributed by atoms with Gasteiger partial charge in [0.2, 0.25) is 0 Å². The van der Waals surface area contributed by atoms with Gasteiger partial charge in [-0.25, -0.2) is 8.42 Å². The van der Waals surface area contributed by atoms with E-state index >= 15 is 0 Å². The quantitative estimate of drug-likeness (QED) is 0.789. The molecule has 0 aliphatic heterocycles. The zero-order valence-electron chi connectivity index (χ0n) is 11.5. The van der Waals surface area contributed by atoms with Gasteiger partial charge in [-0.3, -0.25) is 0 Å². The van der Waals surface area contributed by atoms with Crippen molar-refractivity contribution in [2.24, 2.45) is 5.41 Å². The Morgan fingerprint density at radius 2 is 1.44 bits per heavy atom. The van der Waals surface area contributed by atoms with Crippen molar-refractivity contribution in [3.05, 3.63) is 29.8 Å². The summed E-state index contributed by atoms with van der Waals surface area (Å²) in [5.74, 6) is 0. The van der Waals surface area contributed by atoms with Crippen molar-refractivity contribution in [1.29, 1.82) is 0 Å². The maximum Gasteiger partial charge on any atom is 0.184 e. The lowest BCUT2D eigenvalue weighted by atomic mass is 9.82. The summed E-state index contributed by atoms with van der Waals surface area (Å²) in [5.41, 5.74) is 0.0536. The molecule has 0 saturated heterocycles. The number of aryl methyl sites for hydroxylation is 1. The van der Waals surface area contributed by atoms with Crippen LogP contribution in [0.15, 0.2) is 29.2 Å². The van der Waals surface area contributed by atoms with Gasteiger partial charge in [-0.15, -0.1) is 0 Å². The van der Waals surface area contributed by atoms with E-state index in [0.29, 0.717) is 6.29 Å². The van der Waals surface area contributed by atoms with Crippen molar-refractivity contribution >= 4 is 16.1 Å². The fourth-order valence-corrected chi connectivity index (χ4v) is 3.32. The summed E-state index contributed by atoms with van der Waals surface area (Å²) in [5, 5.41) is 0. The number of hydrogen-bond donors (Lipinski definition) is 0. The topological polar surface area (TPSA) is 51.2 Å². The van der Waals surface area contributed by atoms with Crippen LogP contribution in [0.1, 0.15) is 33.3 Å². The van der Waals surface area contributed by atoms with Crippen LogP contribution in [0.2, 0.25) is 0 Å². The van der Waals surface area contributed by atoms with E-state index in [9.17, 15) is 13.2 Å². The number of aldehydes is 1. The predicted molar refractivity (Wildman–Crippen MR) is 72.3 cm³/mol. The largest absolute Gasteiger partial charge is 0.303 e. The summed E-state index contributed by atoms with van der Waals surface area (Å²) in [6, 6.07) is 6.70. The molecule has 0 aliphatic carbocycles. The molecule has 3 nitrogen and oxygen atoms in total. The molecule has 1 aromatic carbocycles. The number of benzene rings is 1. The Hall–Kier alpha value is -1.16. The Kier molecular flexibility index (Phi) is 3.73. The lowest BCUT2D eigenvalue weighted by molar-refractivity contribution is -0.115.